The summed E-state index contributed by atoms with van der Waals surface area (Å²) in [7, 11) is 0. The Balaban J connectivity index is 1.72. The quantitative estimate of drug-likeness (QED) is 0.757. The van der Waals surface area contributed by atoms with Crippen LogP contribution in [0.1, 0.15) is 19.8 Å². The van der Waals surface area contributed by atoms with Gasteiger partial charge in [-0.3, -0.25) is 0 Å². The molecule has 0 bridgehead atoms. The third-order valence-electron chi connectivity index (χ3n) is 3.89. The summed E-state index contributed by atoms with van der Waals surface area (Å²) in [6, 6.07) is 8.23. The number of morpholine rings is 1. The van der Waals surface area contributed by atoms with E-state index in [0.29, 0.717) is 11.8 Å². The monoisotopic (exact) mass is 328 g/mol. The highest BCUT2D eigenvalue weighted by Crippen LogP contribution is 2.28. The number of ether oxygens (including phenoxy) is 1. The number of hydrogen-bond donors (Lipinski definition) is 2. The highest BCUT2D eigenvalue weighted by molar-refractivity contribution is 5.74. The molecule has 2 N–H and O–H groups in total. The van der Waals surface area contributed by atoms with Crippen molar-refractivity contribution in [3.8, 4) is 0 Å². The van der Waals surface area contributed by atoms with E-state index < -0.39 is 0 Å². The fraction of sp³-hybridized carbons (Fsp3) is 0.471. The van der Waals surface area contributed by atoms with Crippen molar-refractivity contribution >= 4 is 23.1 Å². The Morgan fingerprint density at radius 3 is 2.88 bits per heavy atom. The van der Waals surface area contributed by atoms with Gasteiger partial charge in [-0.05, 0) is 18.6 Å². The van der Waals surface area contributed by atoms with Gasteiger partial charge in [0.1, 0.15) is 0 Å². The summed E-state index contributed by atoms with van der Waals surface area (Å²) >= 11 is 0. The lowest BCUT2D eigenvalue weighted by atomic mass is 10.2. The third kappa shape index (κ3) is 4.32. The number of nitrogens with one attached hydrogen (secondary N) is 2. The van der Waals surface area contributed by atoms with Crippen molar-refractivity contribution in [3.63, 3.8) is 0 Å². The number of aromatic nitrogens is 3. The molecule has 7 heteroatoms. The molecule has 128 valence electrons. The van der Waals surface area contributed by atoms with Crippen LogP contribution in [0.2, 0.25) is 0 Å². The second-order valence-electron chi connectivity index (χ2n) is 5.69. The van der Waals surface area contributed by atoms with Crippen LogP contribution in [0.5, 0.6) is 0 Å². The van der Waals surface area contributed by atoms with E-state index in [9.17, 15) is 0 Å². The molecular formula is C17H24N6O. The van der Waals surface area contributed by atoms with Crippen molar-refractivity contribution in [2.24, 2.45) is 0 Å². The molecule has 0 spiro atoms. The Kier molecular flexibility index (Phi) is 5.79. The van der Waals surface area contributed by atoms with Crippen LogP contribution < -0.4 is 15.5 Å². The van der Waals surface area contributed by atoms with Crippen LogP contribution in [-0.2, 0) is 4.74 Å². The first-order valence-electron chi connectivity index (χ1n) is 8.49. The van der Waals surface area contributed by atoms with Gasteiger partial charge in [0.05, 0.1) is 30.8 Å². The molecule has 7 nitrogen and oxygen atoms in total. The number of nitrogens with zero attached hydrogens (tertiary/aromatic N) is 4. The summed E-state index contributed by atoms with van der Waals surface area (Å²) < 4.78 is 5.44. The minimum Gasteiger partial charge on any atom is -0.378 e. The highest BCUT2D eigenvalue weighted by atomic mass is 16.5. The maximum atomic E-state index is 5.44. The first-order chi connectivity index (χ1) is 11.9. The molecule has 1 aromatic heterocycles. The van der Waals surface area contributed by atoms with Crippen molar-refractivity contribution in [1.82, 2.24) is 15.2 Å². The van der Waals surface area contributed by atoms with E-state index >= 15 is 0 Å². The summed E-state index contributed by atoms with van der Waals surface area (Å²) in [5.41, 5.74) is 2.17. The van der Waals surface area contributed by atoms with Gasteiger partial charge in [-0.2, -0.15) is 10.1 Å². The second kappa shape index (κ2) is 8.44. The van der Waals surface area contributed by atoms with Crippen molar-refractivity contribution < 1.29 is 4.74 Å². The summed E-state index contributed by atoms with van der Waals surface area (Å²) in [6.07, 6.45) is 3.85. The van der Waals surface area contributed by atoms with Gasteiger partial charge in [0.2, 0.25) is 5.95 Å². The first-order valence-corrected chi connectivity index (χ1v) is 8.49. The van der Waals surface area contributed by atoms with Crippen LogP contribution in [-0.4, -0.2) is 48.0 Å². The Hall–Kier alpha value is -2.41. The molecule has 1 fully saturated rings. The van der Waals surface area contributed by atoms with E-state index in [1.165, 1.54) is 0 Å². The summed E-state index contributed by atoms with van der Waals surface area (Å²) in [4.78, 5) is 6.81. The van der Waals surface area contributed by atoms with Crippen LogP contribution in [0.3, 0.4) is 0 Å². The SMILES string of the molecule is CCCCNc1nncc(Nc2ccccc2N2CCOCC2)n1. The minimum absolute atomic E-state index is 0.553. The Morgan fingerprint density at radius 1 is 1.21 bits per heavy atom. The Labute approximate surface area is 142 Å². The van der Waals surface area contributed by atoms with Crippen molar-refractivity contribution in [1.29, 1.82) is 0 Å². The van der Waals surface area contributed by atoms with Crippen molar-refractivity contribution in [3.05, 3.63) is 30.5 Å². The third-order valence-corrected chi connectivity index (χ3v) is 3.89. The number of anilines is 4. The molecule has 1 aromatic carbocycles. The Bertz CT molecular complexity index is 644. The lowest BCUT2D eigenvalue weighted by Gasteiger charge is -2.30. The van der Waals surface area contributed by atoms with E-state index in [2.05, 4.69) is 49.8 Å². The van der Waals surface area contributed by atoms with Gasteiger partial charge in [0.25, 0.3) is 0 Å². The van der Waals surface area contributed by atoms with Gasteiger partial charge >= 0.3 is 0 Å². The molecule has 1 aliphatic rings. The standard InChI is InChI=1S/C17H24N6O/c1-2-3-8-18-17-21-16(13-19-22-17)20-14-6-4-5-7-15(14)23-9-11-24-12-10-23/h4-7,13H,2-3,8-12H2,1H3,(H2,18,20,21,22). The fourth-order valence-electron chi connectivity index (χ4n) is 2.61. The number of benzene rings is 1. The lowest BCUT2D eigenvalue weighted by molar-refractivity contribution is 0.123. The molecule has 0 atom stereocenters. The summed E-state index contributed by atoms with van der Waals surface area (Å²) in [5.74, 6) is 1.24. The molecule has 0 saturated carbocycles. The van der Waals surface area contributed by atoms with E-state index in [-0.39, 0.29) is 0 Å². The Morgan fingerprint density at radius 2 is 2.04 bits per heavy atom. The number of para-hydroxylation sites is 2. The molecule has 1 saturated heterocycles. The summed E-state index contributed by atoms with van der Waals surface area (Å²) in [5, 5.41) is 14.6. The van der Waals surface area contributed by atoms with E-state index in [4.69, 9.17) is 4.74 Å². The lowest BCUT2D eigenvalue weighted by Crippen LogP contribution is -2.36. The predicted molar refractivity (Wildman–Crippen MR) is 96.0 cm³/mol. The number of hydrogen-bond acceptors (Lipinski definition) is 7. The van der Waals surface area contributed by atoms with Gasteiger partial charge in [-0.1, -0.05) is 25.5 Å². The van der Waals surface area contributed by atoms with Crippen LogP contribution in [0.4, 0.5) is 23.1 Å². The highest BCUT2D eigenvalue weighted by Gasteiger charge is 2.14. The molecule has 2 aromatic rings. The van der Waals surface area contributed by atoms with Crippen LogP contribution >= 0.6 is 0 Å². The molecule has 2 heterocycles. The maximum Gasteiger partial charge on any atom is 0.244 e. The van der Waals surface area contributed by atoms with Crippen molar-refractivity contribution in [2.75, 3.05) is 48.4 Å². The van der Waals surface area contributed by atoms with E-state index in [1.54, 1.807) is 6.20 Å². The van der Waals surface area contributed by atoms with Gasteiger partial charge < -0.3 is 20.3 Å². The first kappa shape index (κ1) is 16.4. The minimum atomic E-state index is 0.553. The largest absolute Gasteiger partial charge is 0.378 e. The molecular weight excluding hydrogens is 304 g/mol. The zero-order valence-electron chi connectivity index (χ0n) is 14.0. The molecule has 0 aliphatic carbocycles. The molecule has 0 amide bonds. The molecule has 24 heavy (non-hydrogen) atoms. The zero-order chi connectivity index (χ0) is 16.6. The second-order valence-corrected chi connectivity index (χ2v) is 5.69. The number of rotatable bonds is 7. The molecule has 0 radical (unpaired) electrons. The predicted octanol–water partition coefficient (Wildman–Crippen LogP) is 2.66. The normalized spacial score (nSPS) is 14.5. The summed E-state index contributed by atoms with van der Waals surface area (Å²) in [6.45, 7) is 6.31. The van der Waals surface area contributed by atoms with Crippen LogP contribution in [0.15, 0.2) is 30.5 Å². The van der Waals surface area contributed by atoms with Crippen LogP contribution in [0, 0.1) is 0 Å². The molecule has 0 unspecified atom stereocenters. The fourth-order valence-corrected chi connectivity index (χ4v) is 2.61. The topological polar surface area (TPSA) is 75.2 Å². The average molecular weight is 328 g/mol. The molecule has 1 aliphatic heterocycles. The van der Waals surface area contributed by atoms with Crippen molar-refractivity contribution in [2.45, 2.75) is 19.8 Å². The van der Waals surface area contributed by atoms with Crippen LogP contribution in [0.25, 0.3) is 0 Å². The van der Waals surface area contributed by atoms with Gasteiger partial charge in [0, 0.05) is 19.6 Å². The van der Waals surface area contributed by atoms with E-state index in [1.807, 2.05) is 12.1 Å². The van der Waals surface area contributed by atoms with E-state index in [0.717, 1.165) is 57.1 Å². The average Bonchev–Trinajstić information content (AvgIpc) is 2.64. The molecule has 3 rings (SSSR count). The van der Waals surface area contributed by atoms with Gasteiger partial charge in [-0.15, -0.1) is 5.10 Å². The van der Waals surface area contributed by atoms with Gasteiger partial charge in [0.15, 0.2) is 5.82 Å². The zero-order valence-corrected chi connectivity index (χ0v) is 14.0. The number of unbranched alkanes of at least 4 members (excludes halogenated alkanes) is 1. The maximum absolute atomic E-state index is 5.44. The van der Waals surface area contributed by atoms with Gasteiger partial charge in [-0.25, -0.2) is 0 Å². The smallest absolute Gasteiger partial charge is 0.244 e.